The number of aliphatic hydroxyl groups is 1. The molecule has 82 valence electrons. The van der Waals surface area contributed by atoms with E-state index in [1.165, 1.54) is 19.3 Å². The van der Waals surface area contributed by atoms with Gasteiger partial charge in [0.15, 0.2) is 0 Å². The Morgan fingerprint density at radius 2 is 2.00 bits per heavy atom. The van der Waals surface area contributed by atoms with Crippen LogP contribution >= 0.6 is 0 Å². The lowest BCUT2D eigenvalue weighted by Crippen LogP contribution is -2.16. The van der Waals surface area contributed by atoms with Crippen LogP contribution in [0.3, 0.4) is 0 Å². The van der Waals surface area contributed by atoms with Gasteiger partial charge >= 0.3 is 0 Å². The number of aliphatic hydroxyl groups excluding tert-OH is 1. The van der Waals surface area contributed by atoms with Crippen molar-refractivity contribution >= 4 is 0 Å². The molecule has 1 heterocycles. The summed E-state index contributed by atoms with van der Waals surface area (Å²) in [4.78, 5) is 4.14. The first-order chi connectivity index (χ1) is 7.27. The molecular weight excluding hydrogens is 186 g/mol. The van der Waals surface area contributed by atoms with Gasteiger partial charge in [-0.1, -0.05) is 25.3 Å². The van der Waals surface area contributed by atoms with Crippen molar-refractivity contribution in [2.24, 2.45) is 5.92 Å². The van der Waals surface area contributed by atoms with Gasteiger partial charge in [-0.15, -0.1) is 0 Å². The highest BCUT2D eigenvalue weighted by Crippen LogP contribution is 2.34. The number of pyridine rings is 1. The molecule has 0 spiro atoms. The van der Waals surface area contributed by atoms with Crippen LogP contribution in [-0.4, -0.2) is 10.1 Å². The van der Waals surface area contributed by atoms with Crippen LogP contribution in [-0.2, 0) is 0 Å². The predicted molar refractivity (Wildman–Crippen MR) is 60.5 cm³/mol. The topological polar surface area (TPSA) is 33.1 Å². The molecule has 1 aromatic heterocycles. The smallest absolute Gasteiger partial charge is 0.0833 e. The molecule has 0 aromatic carbocycles. The summed E-state index contributed by atoms with van der Waals surface area (Å²) < 4.78 is 0. The summed E-state index contributed by atoms with van der Waals surface area (Å²) in [7, 11) is 0. The Balaban J connectivity index is 2.08. The zero-order valence-corrected chi connectivity index (χ0v) is 9.32. The summed E-state index contributed by atoms with van der Waals surface area (Å²) in [6.07, 6.45) is 9.50. The first kappa shape index (κ1) is 10.6. The van der Waals surface area contributed by atoms with Gasteiger partial charge in [0.2, 0.25) is 0 Å². The lowest BCUT2D eigenvalue weighted by Gasteiger charge is -2.26. The average Bonchev–Trinajstić information content (AvgIpc) is 2.29. The van der Waals surface area contributed by atoms with Gasteiger partial charge in [0.25, 0.3) is 0 Å². The van der Waals surface area contributed by atoms with Crippen LogP contribution in [0.4, 0.5) is 0 Å². The molecule has 0 saturated heterocycles. The lowest BCUT2D eigenvalue weighted by molar-refractivity contribution is 0.0845. The average molecular weight is 205 g/mol. The van der Waals surface area contributed by atoms with E-state index < -0.39 is 0 Å². The third kappa shape index (κ3) is 2.57. The number of rotatable bonds is 2. The summed E-state index contributed by atoms with van der Waals surface area (Å²) in [5, 5.41) is 10.2. The maximum atomic E-state index is 10.2. The Hall–Kier alpha value is -0.890. The number of aryl methyl sites for hydroxylation is 1. The largest absolute Gasteiger partial charge is 0.388 e. The van der Waals surface area contributed by atoms with Gasteiger partial charge in [-0.2, -0.15) is 0 Å². The second-order valence-corrected chi connectivity index (χ2v) is 4.64. The summed E-state index contributed by atoms with van der Waals surface area (Å²) in [6, 6.07) is 2.05. The second kappa shape index (κ2) is 4.75. The zero-order chi connectivity index (χ0) is 10.7. The molecule has 0 radical (unpaired) electrons. The fourth-order valence-corrected chi connectivity index (χ4v) is 2.46. The molecule has 15 heavy (non-hydrogen) atoms. The van der Waals surface area contributed by atoms with E-state index >= 15 is 0 Å². The molecule has 0 amide bonds. The van der Waals surface area contributed by atoms with Crippen LogP contribution in [0.5, 0.6) is 0 Å². The summed E-state index contributed by atoms with van der Waals surface area (Å²) in [5.41, 5.74) is 2.12. The molecule has 1 N–H and O–H groups in total. The fraction of sp³-hybridized carbons (Fsp3) is 0.615. The Kier molecular flexibility index (Phi) is 3.37. The normalized spacial score (nSPS) is 20.1. The van der Waals surface area contributed by atoms with E-state index in [1.807, 2.05) is 19.2 Å². The summed E-state index contributed by atoms with van der Waals surface area (Å²) in [5.74, 6) is 0.447. The monoisotopic (exact) mass is 205 g/mol. The van der Waals surface area contributed by atoms with Gasteiger partial charge in [-0.25, -0.2) is 0 Å². The molecule has 2 nitrogen and oxygen atoms in total. The number of nitrogens with zero attached hydrogens (tertiary/aromatic N) is 1. The van der Waals surface area contributed by atoms with Crippen molar-refractivity contribution in [3.63, 3.8) is 0 Å². The van der Waals surface area contributed by atoms with Gasteiger partial charge in [0, 0.05) is 12.4 Å². The van der Waals surface area contributed by atoms with Gasteiger partial charge in [-0.05, 0) is 36.8 Å². The Labute approximate surface area is 91.4 Å². The predicted octanol–water partition coefficient (Wildman–Crippen LogP) is 3.00. The van der Waals surface area contributed by atoms with Crippen molar-refractivity contribution in [2.75, 3.05) is 0 Å². The van der Waals surface area contributed by atoms with Crippen molar-refractivity contribution in [1.82, 2.24) is 4.98 Å². The zero-order valence-electron chi connectivity index (χ0n) is 9.32. The minimum Gasteiger partial charge on any atom is -0.388 e. The fourth-order valence-electron chi connectivity index (χ4n) is 2.46. The molecule has 1 atom stereocenters. The number of hydrogen-bond acceptors (Lipinski definition) is 2. The third-order valence-electron chi connectivity index (χ3n) is 3.33. The highest BCUT2D eigenvalue weighted by atomic mass is 16.3. The lowest BCUT2D eigenvalue weighted by atomic mass is 9.83. The van der Waals surface area contributed by atoms with Crippen molar-refractivity contribution in [3.05, 3.63) is 29.6 Å². The first-order valence-corrected chi connectivity index (χ1v) is 5.87. The molecule has 0 aliphatic heterocycles. The van der Waals surface area contributed by atoms with E-state index in [0.29, 0.717) is 5.92 Å². The highest BCUT2D eigenvalue weighted by molar-refractivity contribution is 5.19. The summed E-state index contributed by atoms with van der Waals surface area (Å²) in [6.45, 7) is 2.02. The summed E-state index contributed by atoms with van der Waals surface area (Å²) >= 11 is 0. The van der Waals surface area contributed by atoms with Crippen molar-refractivity contribution < 1.29 is 5.11 Å². The standard InChI is InChI=1S/C13H19NO/c1-10-7-12(9-14-8-10)13(15)11-5-3-2-4-6-11/h7-9,11,13,15H,2-6H2,1H3. The SMILES string of the molecule is Cc1cncc(C(O)C2CCCCC2)c1. The molecule has 0 bridgehead atoms. The molecule has 1 aliphatic carbocycles. The molecule has 2 rings (SSSR count). The Morgan fingerprint density at radius 1 is 1.27 bits per heavy atom. The van der Waals surface area contributed by atoms with E-state index in [4.69, 9.17) is 0 Å². The van der Waals surface area contributed by atoms with Crippen molar-refractivity contribution in [2.45, 2.75) is 45.1 Å². The van der Waals surface area contributed by atoms with E-state index in [9.17, 15) is 5.11 Å². The molecule has 1 aliphatic rings. The molecular formula is C13H19NO. The minimum atomic E-state index is -0.308. The first-order valence-electron chi connectivity index (χ1n) is 5.87. The quantitative estimate of drug-likeness (QED) is 0.805. The molecule has 1 saturated carbocycles. The van der Waals surface area contributed by atoms with E-state index in [1.54, 1.807) is 6.20 Å². The van der Waals surface area contributed by atoms with Gasteiger partial charge < -0.3 is 5.11 Å². The number of aromatic nitrogens is 1. The van der Waals surface area contributed by atoms with E-state index in [2.05, 4.69) is 4.98 Å². The Morgan fingerprint density at radius 3 is 2.67 bits per heavy atom. The Bertz CT molecular complexity index is 318. The molecule has 1 aromatic rings. The maximum Gasteiger partial charge on any atom is 0.0833 e. The minimum absolute atomic E-state index is 0.308. The van der Waals surface area contributed by atoms with Crippen molar-refractivity contribution in [1.29, 1.82) is 0 Å². The van der Waals surface area contributed by atoms with E-state index in [0.717, 1.165) is 24.0 Å². The van der Waals surface area contributed by atoms with Gasteiger partial charge in [-0.3, -0.25) is 4.98 Å². The van der Waals surface area contributed by atoms with Crippen LogP contribution < -0.4 is 0 Å². The molecule has 1 unspecified atom stereocenters. The molecule has 1 fully saturated rings. The third-order valence-corrected chi connectivity index (χ3v) is 3.33. The van der Waals surface area contributed by atoms with Crippen LogP contribution in [0, 0.1) is 12.8 Å². The van der Waals surface area contributed by atoms with Crippen LogP contribution in [0.25, 0.3) is 0 Å². The van der Waals surface area contributed by atoms with Gasteiger partial charge in [0.05, 0.1) is 6.10 Å². The molecule has 2 heteroatoms. The van der Waals surface area contributed by atoms with Crippen LogP contribution in [0.15, 0.2) is 18.5 Å². The number of hydrogen-bond donors (Lipinski definition) is 1. The van der Waals surface area contributed by atoms with Crippen LogP contribution in [0.1, 0.15) is 49.3 Å². The second-order valence-electron chi connectivity index (χ2n) is 4.64. The van der Waals surface area contributed by atoms with E-state index in [-0.39, 0.29) is 6.10 Å². The van der Waals surface area contributed by atoms with Gasteiger partial charge in [0.1, 0.15) is 0 Å². The highest BCUT2D eigenvalue weighted by Gasteiger charge is 2.23. The van der Waals surface area contributed by atoms with Crippen LogP contribution in [0.2, 0.25) is 0 Å². The van der Waals surface area contributed by atoms with Crippen molar-refractivity contribution in [3.8, 4) is 0 Å². The maximum absolute atomic E-state index is 10.2.